The summed E-state index contributed by atoms with van der Waals surface area (Å²) in [4.78, 5) is 0. The summed E-state index contributed by atoms with van der Waals surface area (Å²) < 4.78 is 39.8. The van der Waals surface area contributed by atoms with Crippen LogP contribution >= 0.6 is 32.4 Å². The summed E-state index contributed by atoms with van der Waals surface area (Å²) in [6.07, 6.45) is 0. The van der Waals surface area contributed by atoms with Gasteiger partial charge in [0.1, 0.15) is 0 Å². The Bertz CT molecular complexity index is 173. The van der Waals surface area contributed by atoms with E-state index in [1.165, 1.54) is 0 Å². The Balaban J connectivity index is 3.56. The van der Waals surface area contributed by atoms with Crippen LogP contribution in [0.15, 0.2) is 0 Å². The Morgan fingerprint density at radius 3 is 1.44 bits per heavy atom. The lowest BCUT2D eigenvalue weighted by Gasteiger charge is -2.10. The van der Waals surface area contributed by atoms with Crippen molar-refractivity contribution in [3.8, 4) is 0 Å². The molecule has 0 rings (SSSR count). The fraction of sp³-hybridized carbons (Fsp3) is 1.00. The van der Waals surface area contributed by atoms with E-state index in [-0.39, 0.29) is 29.5 Å². The van der Waals surface area contributed by atoms with Crippen LogP contribution in [-0.4, -0.2) is 37.0 Å². The molecule has 2 atom stereocenters. The molecule has 94 valence electrons. The van der Waals surface area contributed by atoms with Crippen molar-refractivity contribution in [2.75, 3.05) is 26.8 Å². The van der Waals surface area contributed by atoms with Crippen LogP contribution in [0.4, 0.5) is 0 Å². The van der Waals surface area contributed by atoms with Gasteiger partial charge in [-0.15, -0.1) is 0 Å². The first-order chi connectivity index (χ1) is 7.78. The van der Waals surface area contributed by atoms with E-state index in [2.05, 4.69) is 9.05 Å². The van der Waals surface area contributed by atoms with Gasteiger partial charge in [-0.05, 0) is 0 Å². The largest absolute Gasteiger partial charge is 0.370 e. The maximum atomic E-state index is 10.4. The van der Waals surface area contributed by atoms with E-state index in [1.807, 2.05) is 0 Å². The van der Waals surface area contributed by atoms with Crippen molar-refractivity contribution in [3.63, 3.8) is 0 Å². The van der Waals surface area contributed by atoms with Crippen molar-refractivity contribution in [2.45, 2.75) is 0 Å². The van der Waals surface area contributed by atoms with Gasteiger partial charge in [0.25, 0.3) is 16.1 Å². The lowest BCUT2D eigenvalue weighted by Crippen LogP contribution is -1.99. The van der Waals surface area contributed by atoms with Gasteiger partial charge in [0.2, 0.25) is 16.3 Å². The molecule has 0 aromatic rings. The van der Waals surface area contributed by atoms with Crippen LogP contribution in [0.1, 0.15) is 0 Å². The van der Waals surface area contributed by atoms with Gasteiger partial charge < -0.3 is 19.3 Å². The molecule has 2 N–H and O–H groups in total. The molecule has 2 unspecified atom stereocenters. The number of hydrogen-bond donors (Lipinski definition) is 2. The molecule has 0 saturated carbocycles. The second-order valence-electron chi connectivity index (χ2n) is 1.82. The number of aliphatic hydroxyl groups is 2. The van der Waals surface area contributed by atoms with Crippen molar-refractivity contribution in [2.24, 2.45) is 0 Å². The van der Waals surface area contributed by atoms with Gasteiger partial charge in [0.05, 0.1) is 13.2 Å². The molecular weight excluding hydrogens is 300 g/mol. The molecule has 0 aliphatic carbocycles. The maximum absolute atomic E-state index is 10.4. The Morgan fingerprint density at radius 2 is 1.19 bits per heavy atom. The van der Waals surface area contributed by atoms with Crippen LogP contribution in [0.25, 0.3) is 0 Å². The molecule has 0 aromatic carbocycles. The Kier molecular flexibility index (Phi) is 12.9. The van der Waals surface area contributed by atoms with E-state index >= 15 is 0 Å². The Labute approximate surface area is 97.3 Å². The summed E-state index contributed by atoms with van der Waals surface area (Å²) in [6.45, 7) is -1.07. The third-order valence-electron chi connectivity index (χ3n) is 0.956. The van der Waals surface area contributed by atoms with Crippen molar-refractivity contribution in [3.05, 3.63) is 0 Å². The SMILES string of the molecule is O=PP(OCO)OCCOP(OCO)P=O. The molecule has 0 saturated heterocycles. The molecule has 0 fully saturated rings. The van der Waals surface area contributed by atoms with E-state index < -0.39 is 29.7 Å². The van der Waals surface area contributed by atoms with Crippen LogP contribution in [0.3, 0.4) is 0 Å². The number of rotatable bonds is 11. The lowest BCUT2D eigenvalue weighted by molar-refractivity contribution is 0.0852. The highest BCUT2D eigenvalue weighted by Crippen LogP contribution is 2.52. The second-order valence-corrected chi connectivity index (χ2v) is 7.07. The molecule has 0 bridgehead atoms. The highest BCUT2D eigenvalue weighted by Gasteiger charge is 2.13. The predicted octanol–water partition coefficient (Wildman–Crippen LogP) is 1.99. The van der Waals surface area contributed by atoms with Gasteiger partial charge in [-0.3, -0.25) is 18.2 Å². The van der Waals surface area contributed by atoms with E-state index in [1.54, 1.807) is 0 Å². The monoisotopic (exact) mass is 310 g/mol. The van der Waals surface area contributed by atoms with Gasteiger partial charge in [0, 0.05) is 0 Å². The quantitative estimate of drug-likeness (QED) is 0.338. The first-order valence-electron chi connectivity index (χ1n) is 3.78. The lowest BCUT2D eigenvalue weighted by atomic mass is 10.8. The van der Waals surface area contributed by atoms with Crippen molar-refractivity contribution >= 4 is 32.4 Å². The molecule has 0 radical (unpaired) electrons. The minimum atomic E-state index is -1.68. The second kappa shape index (κ2) is 12.3. The third kappa shape index (κ3) is 8.91. The third-order valence-corrected chi connectivity index (χ3v) is 4.89. The molecule has 12 heteroatoms. The number of hydrogen-bond acceptors (Lipinski definition) is 8. The highest BCUT2D eigenvalue weighted by molar-refractivity contribution is 8.11. The fourth-order valence-electron chi connectivity index (χ4n) is 0.498. The van der Waals surface area contributed by atoms with Crippen LogP contribution in [0.2, 0.25) is 0 Å². The van der Waals surface area contributed by atoms with Gasteiger partial charge in [-0.1, -0.05) is 0 Å². The zero-order valence-electron chi connectivity index (χ0n) is 7.96. The first kappa shape index (κ1) is 16.8. The maximum Gasteiger partial charge on any atom is 0.274 e. The molecule has 8 nitrogen and oxygen atoms in total. The van der Waals surface area contributed by atoms with Gasteiger partial charge in [-0.25, -0.2) is 0 Å². The highest BCUT2D eigenvalue weighted by atomic mass is 32.1. The van der Waals surface area contributed by atoms with Gasteiger partial charge >= 0.3 is 0 Å². The van der Waals surface area contributed by atoms with Crippen LogP contribution in [0.5, 0.6) is 0 Å². The standard InChI is InChI=1S/C4H10O8P4/c5-3-11-15(13-7)9-1-2-10-16(14-8)12-4-6/h5-6H,1-4H2. The molecule has 16 heavy (non-hydrogen) atoms. The van der Waals surface area contributed by atoms with Crippen LogP contribution in [-0.2, 0) is 27.2 Å². The molecule has 0 heterocycles. The first-order valence-corrected chi connectivity index (χ1v) is 9.17. The van der Waals surface area contributed by atoms with Crippen molar-refractivity contribution < 1.29 is 37.4 Å². The van der Waals surface area contributed by atoms with Gasteiger partial charge in [-0.2, -0.15) is 0 Å². The summed E-state index contributed by atoms with van der Waals surface area (Å²) in [6, 6.07) is 0. The van der Waals surface area contributed by atoms with E-state index in [4.69, 9.17) is 19.3 Å². The Hall–Kier alpha value is 0.820. The smallest absolute Gasteiger partial charge is 0.274 e. The van der Waals surface area contributed by atoms with Crippen molar-refractivity contribution in [1.82, 2.24) is 0 Å². The van der Waals surface area contributed by atoms with E-state index in [0.29, 0.717) is 0 Å². The normalized spacial score (nSPS) is 15.4. The summed E-state index contributed by atoms with van der Waals surface area (Å²) in [5.74, 6) is 0. The zero-order chi connectivity index (χ0) is 12.2. The summed E-state index contributed by atoms with van der Waals surface area (Å²) in [7, 11) is -4.07. The molecular formula is C4H10O8P4. The van der Waals surface area contributed by atoms with Crippen molar-refractivity contribution in [1.29, 1.82) is 0 Å². The van der Waals surface area contributed by atoms with E-state index in [9.17, 15) is 9.13 Å². The number of aliphatic hydroxyl groups excluding tert-OH is 2. The molecule has 0 aliphatic heterocycles. The molecule has 0 aromatic heterocycles. The predicted molar refractivity (Wildman–Crippen MR) is 57.3 cm³/mol. The zero-order valence-corrected chi connectivity index (χ0v) is 11.5. The summed E-state index contributed by atoms with van der Waals surface area (Å²) in [5, 5.41) is 16.7. The molecule has 0 aliphatic rings. The van der Waals surface area contributed by atoms with Crippen LogP contribution in [0, 0.1) is 0 Å². The Morgan fingerprint density at radius 1 is 0.812 bits per heavy atom. The topological polar surface area (TPSA) is 112 Å². The molecule has 0 amide bonds. The average Bonchev–Trinajstić information content (AvgIpc) is 2.31. The molecule has 0 spiro atoms. The summed E-state index contributed by atoms with van der Waals surface area (Å²) in [5.41, 5.74) is 0. The summed E-state index contributed by atoms with van der Waals surface area (Å²) >= 11 is 0. The van der Waals surface area contributed by atoms with Crippen LogP contribution < -0.4 is 0 Å². The average molecular weight is 310 g/mol. The minimum Gasteiger partial charge on any atom is -0.370 e. The minimum absolute atomic E-state index is 0.0457. The van der Waals surface area contributed by atoms with E-state index in [0.717, 1.165) is 0 Å². The van der Waals surface area contributed by atoms with Gasteiger partial charge in [0.15, 0.2) is 13.6 Å². The fourth-order valence-corrected chi connectivity index (χ4v) is 2.86.